The molecule has 1 aromatic carbocycles. The fraction of sp³-hybridized carbons (Fsp3) is 0.429. The van der Waals surface area contributed by atoms with Crippen molar-refractivity contribution >= 4 is 11.6 Å². The molecule has 5 nitrogen and oxygen atoms in total. The quantitative estimate of drug-likeness (QED) is 0.627. The Labute approximate surface area is 114 Å². The zero-order valence-corrected chi connectivity index (χ0v) is 11.6. The van der Waals surface area contributed by atoms with Crippen molar-refractivity contribution in [3.63, 3.8) is 0 Å². The summed E-state index contributed by atoms with van der Waals surface area (Å²) in [6, 6.07) is 7.46. The largest absolute Gasteiger partial charge is 0.335 e. The molecule has 102 valence electrons. The van der Waals surface area contributed by atoms with Gasteiger partial charge in [0.25, 0.3) is 5.91 Å². The van der Waals surface area contributed by atoms with Crippen LogP contribution in [0, 0.1) is 18.3 Å². The lowest BCUT2D eigenvalue weighted by Gasteiger charge is -2.26. The molecule has 0 unspecified atom stereocenters. The molecule has 5 heteroatoms. The van der Waals surface area contributed by atoms with Crippen molar-refractivity contribution in [2.24, 2.45) is 5.84 Å². The molecule has 1 aromatic rings. The van der Waals surface area contributed by atoms with E-state index in [9.17, 15) is 4.79 Å². The summed E-state index contributed by atoms with van der Waals surface area (Å²) in [5.41, 5.74) is 4.90. The number of carbonyl (C=O) groups excluding carboxylic acids is 1. The molecule has 0 aromatic heterocycles. The number of nitrogens with zero attached hydrogens (tertiary/aromatic N) is 2. The van der Waals surface area contributed by atoms with Crippen molar-refractivity contribution in [2.45, 2.75) is 33.2 Å². The topological polar surface area (TPSA) is 82.2 Å². The van der Waals surface area contributed by atoms with E-state index in [4.69, 9.17) is 11.1 Å². The minimum atomic E-state index is -0.0584. The van der Waals surface area contributed by atoms with E-state index in [0.717, 1.165) is 11.3 Å². The first kappa shape index (κ1) is 15.0. The van der Waals surface area contributed by atoms with Gasteiger partial charge in [-0.2, -0.15) is 5.26 Å². The summed E-state index contributed by atoms with van der Waals surface area (Å²) in [7, 11) is 0. The van der Waals surface area contributed by atoms with Crippen molar-refractivity contribution in [2.75, 3.05) is 12.0 Å². The Balaban J connectivity index is 2.97. The van der Waals surface area contributed by atoms with Crippen LogP contribution in [0.2, 0.25) is 0 Å². The highest BCUT2D eigenvalue weighted by Gasteiger charge is 2.18. The molecule has 0 saturated carbocycles. The minimum absolute atomic E-state index is 0.0584. The minimum Gasteiger partial charge on any atom is -0.335 e. The molecule has 0 spiro atoms. The normalized spacial score (nSPS) is 10.1. The lowest BCUT2D eigenvalue weighted by atomic mass is 10.1. The summed E-state index contributed by atoms with van der Waals surface area (Å²) in [6.07, 6.45) is 0.339. The Morgan fingerprint density at radius 1 is 1.53 bits per heavy atom. The highest BCUT2D eigenvalue weighted by Crippen LogP contribution is 2.17. The van der Waals surface area contributed by atoms with Crippen LogP contribution in [-0.2, 0) is 0 Å². The highest BCUT2D eigenvalue weighted by molar-refractivity contribution is 5.95. The van der Waals surface area contributed by atoms with Gasteiger partial charge in [-0.25, -0.2) is 0 Å². The van der Waals surface area contributed by atoms with E-state index in [1.54, 1.807) is 23.1 Å². The third-order valence-corrected chi connectivity index (χ3v) is 2.98. The predicted molar refractivity (Wildman–Crippen MR) is 75.4 cm³/mol. The Hall–Kier alpha value is -2.06. The Bertz CT molecular complexity index is 491. The van der Waals surface area contributed by atoms with Gasteiger partial charge in [-0.05, 0) is 44.5 Å². The van der Waals surface area contributed by atoms with Crippen LogP contribution in [0.5, 0.6) is 0 Å². The monoisotopic (exact) mass is 260 g/mol. The van der Waals surface area contributed by atoms with Gasteiger partial charge in [0.2, 0.25) is 0 Å². The number of aryl methyl sites for hydroxylation is 1. The van der Waals surface area contributed by atoms with Gasteiger partial charge in [-0.1, -0.05) is 0 Å². The smallest absolute Gasteiger partial charge is 0.254 e. The molecular weight excluding hydrogens is 240 g/mol. The summed E-state index contributed by atoms with van der Waals surface area (Å²) < 4.78 is 0. The zero-order valence-electron chi connectivity index (χ0n) is 11.6. The highest BCUT2D eigenvalue weighted by atomic mass is 16.2. The van der Waals surface area contributed by atoms with E-state index in [-0.39, 0.29) is 11.9 Å². The summed E-state index contributed by atoms with van der Waals surface area (Å²) >= 11 is 0. The maximum absolute atomic E-state index is 12.4. The number of hydrogen-bond donors (Lipinski definition) is 2. The first-order chi connectivity index (χ1) is 9.01. The fourth-order valence-corrected chi connectivity index (χ4v) is 1.89. The van der Waals surface area contributed by atoms with Crippen molar-refractivity contribution in [3.8, 4) is 6.07 Å². The molecule has 0 fully saturated rings. The van der Waals surface area contributed by atoms with Crippen molar-refractivity contribution < 1.29 is 4.79 Å². The van der Waals surface area contributed by atoms with E-state index in [1.165, 1.54) is 0 Å². The molecule has 0 heterocycles. The van der Waals surface area contributed by atoms with E-state index < -0.39 is 0 Å². The molecule has 0 atom stereocenters. The number of benzene rings is 1. The van der Waals surface area contributed by atoms with Crippen LogP contribution in [0.1, 0.15) is 36.2 Å². The standard InChI is InChI=1S/C14H20N4O/c1-10(2)18(8-4-7-15)14(19)12-5-6-13(17-16)11(3)9-12/h5-6,9-10,17H,4,8,16H2,1-3H3. The molecule has 0 aliphatic carbocycles. The fourth-order valence-electron chi connectivity index (χ4n) is 1.89. The van der Waals surface area contributed by atoms with Crippen LogP contribution in [0.15, 0.2) is 18.2 Å². The molecule has 0 radical (unpaired) electrons. The van der Waals surface area contributed by atoms with Crippen LogP contribution in [0.4, 0.5) is 5.69 Å². The number of nitrogens with two attached hydrogens (primary N) is 1. The molecule has 0 saturated heterocycles. The second kappa shape index (κ2) is 6.76. The van der Waals surface area contributed by atoms with Gasteiger partial charge >= 0.3 is 0 Å². The van der Waals surface area contributed by atoms with Gasteiger partial charge in [0.15, 0.2) is 0 Å². The summed E-state index contributed by atoms with van der Waals surface area (Å²) in [6.45, 7) is 6.22. The van der Waals surface area contributed by atoms with E-state index >= 15 is 0 Å². The molecule has 1 rings (SSSR count). The van der Waals surface area contributed by atoms with Crippen LogP contribution in [0.3, 0.4) is 0 Å². The first-order valence-corrected chi connectivity index (χ1v) is 6.26. The molecule has 0 aliphatic heterocycles. The second-order valence-electron chi connectivity index (χ2n) is 4.67. The number of amides is 1. The molecular formula is C14H20N4O. The zero-order chi connectivity index (χ0) is 14.4. The SMILES string of the molecule is Cc1cc(C(=O)N(CCC#N)C(C)C)ccc1NN. The van der Waals surface area contributed by atoms with Crippen LogP contribution in [0.25, 0.3) is 0 Å². The molecule has 0 aliphatic rings. The van der Waals surface area contributed by atoms with E-state index in [0.29, 0.717) is 18.5 Å². The van der Waals surface area contributed by atoms with Gasteiger partial charge in [-0.3, -0.25) is 10.6 Å². The lowest BCUT2D eigenvalue weighted by molar-refractivity contribution is 0.0710. The number of rotatable bonds is 5. The Morgan fingerprint density at radius 3 is 2.68 bits per heavy atom. The van der Waals surface area contributed by atoms with E-state index in [2.05, 4.69) is 11.5 Å². The number of nitriles is 1. The van der Waals surface area contributed by atoms with Crippen LogP contribution < -0.4 is 11.3 Å². The number of carbonyl (C=O) groups is 1. The van der Waals surface area contributed by atoms with Gasteiger partial charge in [0, 0.05) is 18.2 Å². The van der Waals surface area contributed by atoms with Crippen molar-refractivity contribution in [3.05, 3.63) is 29.3 Å². The van der Waals surface area contributed by atoms with Crippen molar-refractivity contribution in [1.82, 2.24) is 4.90 Å². The average molecular weight is 260 g/mol. The third-order valence-electron chi connectivity index (χ3n) is 2.98. The first-order valence-electron chi connectivity index (χ1n) is 6.26. The number of hydrazine groups is 1. The van der Waals surface area contributed by atoms with Crippen molar-refractivity contribution in [1.29, 1.82) is 5.26 Å². The van der Waals surface area contributed by atoms with Crippen LogP contribution >= 0.6 is 0 Å². The number of nitrogens with one attached hydrogen (secondary N) is 1. The molecule has 19 heavy (non-hydrogen) atoms. The summed E-state index contributed by atoms with van der Waals surface area (Å²) in [4.78, 5) is 14.1. The maximum Gasteiger partial charge on any atom is 0.254 e. The molecule has 1 amide bonds. The third kappa shape index (κ3) is 3.70. The lowest BCUT2D eigenvalue weighted by Crippen LogP contribution is -2.37. The summed E-state index contributed by atoms with van der Waals surface area (Å²) in [5.74, 6) is 5.31. The predicted octanol–water partition coefficient (Wildman–Crippen LogP) is 2.04. The summed E-state index contributed by atoms with van der Waals surface area (Å²) in [5, 5.41) is 8.65. The number of hydrogen-bond acceptors (Lipinski definition) is 4. The Morgan fingerprint density at radius 2 is 2.21 bits per heavy atom. The van der Waals surface area contributed by atoms with Gasteiger partial charge < -0.3 is 10.3 Å². The maximum atomic E-state index is 12.4. The molecule has 0 bridgehead atoms. The van der Waals surface area contributed by atoms with Gasteiger partial charge in [-0.15, -0.1) is 0 Å². The average Bonchev–Trinajstić information content (AvgIpc) is 2.38. The number of anilines is 1. The molecule has 3 N–H and O–H groups in total. The van der Waals surface area contributed by atoms with Crippen LogP contribution in [-0.4, -0.2) is 23.4 Å². The second-order valence-corrected chi connectivity index (χ2v) is 4.67. The van der Waals surface area contributed by atoms with E-state index in [1.807, 2.05) is 20.8 Å². The van der Waals surface area contributed by atoms with Gasteiger partial charge in [0.1, 0.15) is 0 Å². The van der Waals surface area contributed by atoms with Gasteiger partial charge in [0.05, 0.1) is 18.2 Å². The number of nitrogen functional groups attached to an aromatic ring is 1. The Kier molecular flexibility index (Phi) is 5.34.